The molecule has 3 aromatic rings. The number of hydrogen-bond acceptors (Lipinski definition) is 6. The molecule has 1 aromatic heterocycles. The molecule has 2 heterocycles. The Morgan fingerprint density at radius 1 is 1.00 bits per heavy atom. The molecule has 0 N–H and O–H groups in total. The smallest absolute Gasteiger partial charge is 0.142 e. The second-order valence-corrected chi connectivity index (χ2v) is 5.98. The molecule has 1 aliphatic rings. The van der Waals surface area contributed by atoms with Crippen LogP contribution in [0.2, 0.25) is 0 Å². The van der Waals surface area contributed by atoms with E-state index in [1.807, 2.05) is 24.3 Å². The Labute approximate surface area is 140 Å². The van der Waals surface area contributed by atoms with Gasteiger partial charge in [0.15, 0.2) is 0 Å². The zero-order chi connectivity index (χ0) is 16.4. The van der Waals surface area contributed by atoms with E-state index in [2.05, 4.69) is 38.3 Å². The van der Waals surface area contributed by atoms with Crippen LogP contribution in [0.15, 0.2) is 47.1 Å². The van der Waals surface area contributed by atoms with Gasteiger partial charge in [0.25, 0.3) is 0 Å². The fourth-order valence-corrected chi connectivity index (χ4v) is 3.27. The van der Waals surface area contributed by atoms with Gasteiger partial charge in [-0.1, -0.05) is 24.3 Å². The molecule has 4 rings (SSSR count). The summed E-state index contributed by atoms with van der Waals surface area (Å²) in [4.78, 5) is 4.82. The van der Waals surface area contributed by atoms with Gasteiger partial charge in [0, 0.05) is 32.7 Å². The molecular formula is C18H20N4O2. The summed E-state index contributed by atoms with van der Waals surface area (Å²) in [6, 6.07) is 14.2. The minimum atomic E-state index is 0.820. The van der Waals surface area contributed by atoms with E-state index >= 15 is 0 Å². The van der Waals surface area contributed by atoms with E-state index in [1.165, 1.54) is 11.3 Å². The number of rotatable bonds is 4. The highest BCUT2D eigenvalue weighted by molar-refractivity contribution is 5.76. The third kappa shape index (κ3) is 2.80. The number of anilines is 1. The van der Waals surface area contributed by atoms with Crippen LogP contribution in [-0.2, 0) is 6.54 Å². The average molecular weight is 324 g/mol. The predicted octanol–water partition coefficient (Wildman–Crippen LogP) is 2.55. The second kappa shape index (κ2) is 6.49. The maximum atomic E-state index is 5.48. The first-order chi connectivity index (χ1) is 11.8. The summed E-state index contributed by atoms with van der Waals surface area (Å²) in [5.41, 5.74) is 4.02. The summed E-state index contributed by atoms with van der Waals surface area (Å²) in [5.74, 6) is 0.935. The fraction of sp³-hybridized carbons (Fsp3) is 0.333. The van der Waals surface area contributed by atoms with Gasteiger partial charge in [-0.05, 0) is 34.1 Å². The first-order valence-corrected chi connectivity index (χ1v) is 8.15. The van der Waals surface area contributed by atoms with Gasteiger partial charge < -0.3 is 9.64 Å². The number of methoxy groups -OCH3 is 1. The van der Waals surface area contributed by atoms with E-state index in [-0.39, 0.29) is 0 Å². The van der Waals surface area contributed by atoms with Crippen LogP contribution in [0, 0.1) is 0 Å². The van der Waals surface area contributed by atoms with E-state index in [0.717, 1.165) is 49.5 Å². The van der Waals surface area contributed by atoms with Gasteiger partial charge in [0.1, 0.15) is 16.8 Å². The number of hydrogen-bond donors (Lipinski definition) is 0. The van der Waals surface area contributed by atoms with Gasteiger partial charge in [-0.3, -0.25) is 4.90 Å². The molecule has 0 amide bonds. The van der Waals surface area contributed by atoms with Crippen LogP contribution < -0.4 is 9.64 Å². The molecule has 6 nitrogen and oxygen atoms in total. The quantitative estimate of drug-likeness (QED) is 0.735. The lowest BCUT2D eigenvalue weighted by Crippen LogP contribution is -2.46. The first kappa shape index (κ1) is 15.0. The summed E-state index contributed by atoms with van der Waals surface area (Å²) >= 11 is 0. The SMILES string of the molecule is COc1ccccc1N1CCN(Cc2cccc3nonc23)CC1. The zero-order valence-corrected chi connectivity index (χ0v) is 13.7. The van der Waals surface area contributed by atoms with Crippen molar-refractivity contribution >= 4 is 16.7 Å². The lowest BCUT2D eigenvalue weighted by Gasteiger charge is -2.36. The van der Waals surface area contributed by atoms with Crippen LogP contribution >= 0.6 is 0 Å². The third-order valence-electron chi connectivity index (χ3n) is 4.56. The van der Waals surface area contributed by atoms with Gasteiger partial charge in [0.05, 0.1) is 12.8 Å². The molecule has 0 saturated carbocycles. The van der Waals surface area contributed by atoms with Crippen molar-refractivity contribution in [3.63, 3.8) is 0 Å². The minimum absolute atomic E-state index is 0.820. The van der Waals surface area contributed by atoms with E-state index in [9.17, 15) is 0 Å². The number of benzene rings is 2. The third-order valence-corrected chi connectivity index (χ3v) is 4.56. The fourth-order valence-electron chi connectivity index (χ4n) is 3.27. The van der Waals surface area contributed by atoms with Crippen LogP contribution in [0.1, 0.15) is 5.56 Å². The lowest BCUT2D eigenvalue weighted by molar-refractivity contribution is 0.249. The van der Waals surface area contributed by atoms with E-state index in [4.69, 9.17) is 9.37 Å². The Balaban J connectivity index is 1.44. The van der Waals surface area contributed by atoms with Gasteiger partial charge in [-0.15, -0.1) is 0 Å². The Kier molecular flexibility index (Phi) is 4.04. The van der Waals surface area contributed by atoms with E-state index < -0.39 is 0 Å². The Morgan fingerprint density at radius 3 is 2.67 bits per heavy atom. The molecule has 0 radical (unpaired) electrons. The number of piperazine rings is 1. The average Bonchev–Trinajstić information content (AvgIpc) is 3.12. The largest absolute Gasteiger partial charge is 0.495 e. The number of aromatic nitrogens is 2. The maximum Gasteiger partial charge on any atom is 0.142 e. The van der Waals surface area contributed by atoms with E-state index in [1.54, 1.807) is 7.11 Å². The van der Waals surface area contributed by atoms with Crippen molar-refractivity contribution < 1.29 is 9.37 Å². The van der Waals surface area contributed by atoms with Crippen LogP contribution in [0.5, 0.6) is 5.75 Å². The van der Waals surface area contributed by atoms with Crippen LogP contribution in [0.25, 0.3) is 11.0 Å². The molecule has 1 fully saturated rings. The lowest BCUT2D eigenvalue weighted by atomic mass is 10.1. The van der Waals surface area contributed by atoms with Crippen LogP contribution in [0.3, 0.4) is 0 Å². The van der Waals surface area contributed by atoms with Crippen molar-refractivity contribution in [2.75, 3.05) is 38.2 Å². The summed E-state index contributed by atoms with van der Waals surface area (Å²) in [5, 5.41) is 7.95. The van der Waals surface area contributed by atoms with Crippen molar-refractivity contribution in [3.8, 4) is 5.75 Å². The summed E-state index contributed by atoms with van der Waals surface area (Å²) in [7, 11) is 1.72. The molecule has 1 saturated heterocycles. The predicted molar refractivity (Wildman–Crippen MR) is 92.3 cm³/mol. The minimum Gasteiger partial charge on any atom is -0.495 e. The Bertz CT molecular complexity index is 825. The van der Waals surface area contributed by atoms with Crippen LogP contribution in [0.4, 0.5) is 5.69 Å². The molecule has 0 bridgehead atoms. The molecule has 0 unspecified atom stereocenters. The Morgan fingerprint density at radius 2 is 1.83 bits per heavy atom. The van der Waals surface area contributed by atoms with Gasteiger partial charge in [0.2, 0.25) is 0 Å². The second-order valence-electron chi connectivity index (χ2n) is 5.98. The van der Waals surface area contributed by atoms with E-state index in [0.29, 0.717) is 0 Å². The first-order valence-electron chi connectivity index (χ1n) is 8.15. The molecule has 0 spiro atoms. The van der Waals surface area contributed by atoms with Crippen molar-refractivity contribution in [2.24, 2.45) is 0 Å². The number of ether oxygens (including phenoxy) is 1. The topological polar surface area (TPSA) is 54.6 Å². The number of nitrogens with zero attached hydrogens (tertiary/aromatic N) is 4. The van der Waals surface area contributed by atoms with Crippen molar-refractivity contribution in [1.29, 1.82) is 0 Å². The molecule has 1 aliphatic heterocycles. The molecule has 0 aliphatic carbocycles. The summed E-state index contributed by atoms with van der Waals surface area (Å²) in [6.07, 6.45) is 0. The van der Waals surface area contributed by atoms with Crippen LogP contribution in [-0.4, -0.2) is 48.5 Å². The summed E-state index contributed by atoms with van der Waals surface area (Å²) in [6.45, 7) is 4.82. The number of para-hydroxylation sites is 2. The highest BCUT2D eigenvalue weighted by Gasteiger charge is 2.20. The molecule has 124 valence electrons. The monoisotopic (exact) mass is 324 g/mol. The Hall–Kier alpha value is -2.60. The van der Waals surface area contributed by atoms with Gasteiger partial charge >= 0.3 is 0 Å². The molecule has 24 heavy (non-hydrogen) atoms. The highest BCUT2D eigenvalue weighted by atomic mass is 16.6. The standard InChI is InChI=1S/C18H20N4O2/c1-23-17-8-3-2-7-16(17)22-11-9-21(10-12-22)13-14-5-4-6-15-18(14)20-24-19-15/h2-8H,9-13H2,1H3. The zero-order valence-electron chi connectivity index (χ0n) is 13.7. The van der Waals surface area contributed by atoms with Crippen molar-refractivity contribution in [2.45, 2.75) is 6.54 Å². The van der Waals surface area contributed by atoms with Gasteiger partial charge in [-0.25, -0.2) is 4.63 Å². The molecule has 6 heteroatoms. The maximum absolute atomic E-state index is 5.48. The molecule has 0 atom stereocenters. The normalized spacial score (nSPS) is 15.8. The molecule has 2 aromatic carbocycles. The number of fused-ring (bicyclic) bond motifs is 1. The van der Waals surface area contributed by atoms with Gasteiger partial charge in [-0.2, -0.15) is 0 Å². The van der Waals surface area contributed by atoms with Crippen molar-refractivity contribution in [3.05, 3.63) is 48.0 Å². The summed E-state index contributed by atoms with van der Waals surface area (Å²) < 4.78 is 10.3. The van der Waals surface area contributed by atoms with Crippen molar-refractivity contribution in [1.82, 2.24) is 15.2 Å². The highest BCUT2D eigenvalue weighted by Crippen LogP contribution is 2.28. The molecular weight excluding hydrogens is 304 g/mol.